The Balaban J connectivity index is 0.0000146. The molecular formula is C47H81IN2O4. The third kappa shape index (κ3) is 24.5. The number of pyridine rings is 1. The second-order valence-corrected chi connectivity index (χ2v) is 15.2. The first-order valence-electron chi connectivity index (χ1n) is 22.4. The number of ether oxygens (including phenoxy) is 3. The van der Waals surface area contributed by atoms with Crippen molar-refractivity contribution in [2.45, 2.75) is 214 Å². The smallest absolute Gasteiger partial charge is 0.261 e. The second kappa shape index (κ2) is 35.4. The molecule has 0 saturated heterocycles. The number of unbranched alkanes of at least 4 members (excludes halogenated alkanes) is 21. The minimum atomic E-state index is -0.567. The van der Waals surface area contributed by atoms with Crippen LogP contribution in [-0.2, 0) is 17.9 Å². The van der Waals surface area contributed by atoms with Gasteiger partial charge in [0.2, 0.25) is 5.69 Å². The predicted octanol–water partition coefficient (Wildman–Crippen LogP) is 10.0. The van der Waals surface area contributed by atoms with Crippen LogP contribution < -0.4 is 48.1 Å². The van der Waals surface area contributed by atoms with Crippen molar-refractivity contribution in [3.05, 3.63) is 48.3 Å². The van der Waals surface area contributed by atoms with Gasteiger partial charge in [0.05, 0.1) is 13.2 Å². The Bertz CT molecular complexity index is 1160. The molecule has 0 aliphatic carbocycles. The van der Waals surface area contributed by atoms with Gasteiger partial charge >= 0.3 is 0 Å². The Morgan fingerprint density at radius 3 is 1.63 bits per heavy atom. The molecule has 6 nitrogen and oxygen atoms in total. The molecule has 310 valence electrons. The zero-order chi connectivity index (χ0) is 38.0. The Labute approximate surface area is 349 Å². The largest absolute Gasteiger partial charge is 1.00 e. The summed E-state index contributed by atoms with van der Waals surface area (Å²) in [7, 11) is 0. The van der Waals surface area contributed by atoms with Crippen molar-refractivity contribution in [1.82, 2.24) is 5.32 Å². The maximum absolute atomic E-state index is 13.8. The van der Waals surface area contributed by atoms with Crippen molar-refractivity contribution in [2.24, 2.45) is 0 Å². The summed E-state index contributed by atoms with van der Waals surface area (Å²) in [6.07, 6.45) is 33.5. The lowest BCUT2D eigenvalue weighted by Gasteiger charge is -2.20. The summed E-state index contributed by atoms with van der Waals surface area (Å²) in [5, 5.41) is 3.21. The number of amides is 1. The SMILES string of the molecule is CCCCCCCCCCCCCCCCC(Oc1ccc(OCCCCCCC)c(OCCCCCCC)c1)C(=O)NCc1cccc[n+]1CCC.[I-]. The summed E-state index contributed by atoms with van der Waals surface area (Å²) >= 11 is 0. The molecule has 1 unspecified atom stereocenters. The zero-order valence-electron chi connectivity index (χ0n) is 35.3. The van der Waals surface area contributed by atoms with Gasteiger partial charge in [-0.3, -0.25) is 4.79 Å². The van der Waals surface area contributed by atoms with E-state index in [9.17, 15) is 4.79 Å². The first-order chi connectivity index (χ1) is 26.1. The number of hydrogen-bond acceptors (Lipinski definition) is 4. The average Bonchev–Trinajstić information content (AvgIpc) is 3.17. The molecule has 0 aliphatic heterocycles. The molecule has 0 bridgehead atoms. The summed E-state index contributed by atoms with van der Waals surface area (Å²) in [5.41, 5.74) is 1.10. The van der Waals surface area contributed by atoms with Gasteiger partial charge in [0.1, 0.15) is 18.8 Å². The van der Waals surface area contributed by atoms with Gasteiger partial charge in [-0.15, -0.1) is 0 Å². The van der Waals surface area contributed by atoms with Crippen molar-refractivity contribution >= 4 is 5.91 Å². The van der Waals surface area contributed by atoms with E-state index in [1.165, 1.54) is 128 Å². The van der Waals surface area contributed by atoms with Crippen LogP contribution in [0.5, 0.6) is 17.2 Å². The van der Waals surface area contributed by atoms with Crippen molar-refractivity contribution < 1.29 is 47.5 Å². The van der Waals surface area contributed by atoms with Crippen LogP contribution in [0.15, 0.2) is 42.6 Å². The molecule has 0 radical (unpaired) electrons. The number of nitrogens with zero attached hydrogens (tertiary/aromatic N) is 1. The summed E-state index contributed by atoms with van der Waals surface area (Å²) in [6, 6.07) is 12.0. The molecule has 2 aromatic rings. The molecule has 1 amide bonds. The third-order valence-electron chi connectivity index (χ3n) is 10.3. The zero-order valence-corrected chi connectivity index (χ0v) is 37.4. The lowest BCUT2D eigenvalue weighted by Crippen LogP contribution is -3.00. The Kier molecular flexibility index (Phi) is 32.8. The highest BCUT2D eigenvalue weighted by molar-refractivity contribution is 5.81. The summed E-state index contributed by atoms with van der Waals surface area (Å²) in [6.45, 7) is 11.7. The molecule has 1 aromatic heterocycles. The van der Waals surface area contributed by atoms with Crippen molar-refractivity contribution in [1.29, 1.82) is 0 Å². The van der Waals surface area contributed by atoms with Crippen molar-refractivity contribution in [3.63, 3.8) is 0 Å². The molecule has 0 spiro atoms. The van der Waals surface area contributed by atoms with E-state index in [1.54, 1.807) is 0 Å². The number of rotatable bonds is 36. The maximum atomic E-state index is 13.8. The van der Waals surface area contributed by atoms with Gasteiger partial charge < -0.3 is 43.5 Å². The van der Waals surface area contributed by atoms with E-state index >= 15 is 0 Å². The van der Waals surface area contributed by atoms with E-state index < -0.39 is 6.10 Å². The van der Waals surface area contributed by atoms with E-state index in [0.29, 0.717) is 37.7 Å². The Hall–Kier alpha value is -2.03. The van der Waals surface area contributed by atoms with E-state index in [0.717, 1.165) is 50.1 Å². The van der Waals surface area contributed by atoms with Gasteiger partial charge in [0, 0.05) is 24.6 Å². The molecule has 1 atom stereocenters. The highest BCUT2D eigenvalue weighted by Gasteiger charge is 2.22. The quantitative estimate of drug-likeness (QED) is 0.0421. The Morgan fingerprint density at radius 1 is 0.593 bits per heavy atom. The number of carbonyl (C=O) groups excluding carboxylic acids is 1. The van der Waals surface area contributed by atoms with Crippen LogP contribution in [0, 0.1) is 0 Å². The third-order valence-corrected chi connectivity index (χ3v) is 10.3. The fourth-order valence-electron chi connectivity index (χ4n) is 6.92. The van der Waals surface area contributed by atoms with Gasteiger partial charge in [-0.2, -0.15) is 0 Å². The molecule has 7 heteroatoms. The van der Waals surface area contributed by atoms with Crippen LogP contribution in [0.25, 0.3) is 0 Å². The van der Waals surface area contributed by atoms with Crippen LogP contribution in [0.4, 0.5) is 0 Å². The van der Waals surface area contributed by atoms with Crippen molar-refractivity contribution in [3.8, 4) is 17.2 Å². The minimum absolute atomic E-state index is 0. The first kappa shape index (κ1) is 50.0. The fourth-order valence-corrected chi connectivity index (χ4v) is 6.92. The highest BCUT2D eigenvalue weighted by Crippen LogP contribution is 2.33. The lowest BCUT2D eigenvalue weighted by molar-refractivity contribution is -0.704. The number of hydrogen-bond donors (Lipinski definition) is 1. The van der Waals surface area contributed by atoms with E-state index in [4.69, 9.17) is 14.2 Å². The van der Waals surface area contributed by atoms with Gasteiger partial charge in [0.25, 0.3) is 5.91 Å². The average molecular weight is 865 g/mol. The fraction of sp³-hybridized carbons (Fsp3) is 0.745. The molecule has 2 rings (SSSR count). The number of halogens is 1. The lowest BCUT2D eigenvalue weighted by atomic mass is 10.0. The standard InChI is InChI=1S/C47H80N2O4.HI/c1-5-9-12-15-16-17-18-19-20-21-22-23-24-27-33-45(47(50)48-41-42-32-28-29-37-49(42)36-8-4)53-43-34-35-44(51-38-30-25-13-10-6-2)46(40-43)52-39-31-26-14-11-7-3;/h28-29,32,34-35,37,40,45H,5-27,30-31,33,36,38-39,41H2,1-4H3;1H. The molecular weight excluding hydrogens is 783 g/mol. The van der Waals surface area contributed by atoms with Crippen molar-refractivity contribution in [2.75, 3.05) is 13.2 Å². The summed E-state index contributed by atoms with van der Waals surface area (Å²) in [4.78, 5) is 13.8. The number of benzene rings is 1. The van der Waals surface area contributed by atoms with Crippen LogP contribution in [0.1, 0.15) is 200 Å². The molecule has 0 aliphatic rings. The van der Waals surface area contributed by atoms with E-state index in [2.05, 4.69) is 49.8 Å². The number of carbonyl (C=O) groups is 1. The van der Waals surface area contributed by atoms with Crippen LogP contribution in [0.2, 0.25) is 0 Å². The van der Waals surface area contributed by atoms with Gasteiger partial charge in [0.15, 0.2) is 23.8 Å². The van der Waals surface area contributed by atoms with Gasteiger partial charge in [-0.25, -0.2) is 4.57 Å². The summed E-state index contributed by atoms with van der Waals surface area (Å²) < 4.78 is 21.3. The van der Waals surface area contributed by atoms with Crippen LogP contribution in [-0.4, -0.2) is 25.2 Å². The normalized spacial score (nSPS) is 11.6. The first-order valence-corrected chi connectivity index (χ1v) is 22.4. The molecule has 0 fully saturated rings. The van der Waals surface area contributed by atoms with Gasteiger partial charge in [-0.05, 0) is 37.8 Å². The van der Waals surface area contributed by atoms with E-state index in [1.807, 2.05) is 30.3 Å². The number of aryl methyl sites for hydroxylation is 1. The molecule has 1 heterocycles. The van der Waals surface area contributed by atoms with Gasteiger partial charge in [-0.1, -0.05) is 169 Å². The molecule has 1 N–H and O–H groups in total. The number of aromatic nitrogens is 1. The molecule has 1 aromatic carbocycles. The maximum Gasteiger partial charge on any atom is 0.261 e. The van der Waals surface area contributed by atoms with Crippen LogP contribution in [0.3, 0.4) is 0 Å². The number of nitrogens with one attached hydrogen (secondary N) is 1. The predicted molar refractivity (Wildman–Crippen MR) is 223 cm³/mol. The molecule has 0 saturated carbocycles. The monoisotopic (exact) mass is 865 g/mol. The topological polar surface area (TPSA) is 60.7 Å². The molecule has 54 heavy (non-hydrogen) atoms. The highest BCUT2D eigenvalue weighted by atomic mass is 127. The van der Waals surface area contributed by atoms with Crippen LogP contribution >= 0.6 is 0 Å². The summed E-state index contributed by atoms with van der Waals surface area (Å²) in [5.74, 6) is 2.08. The van der Waals surface area contributed by atoms with E-state index in [-0.39, 0.29) is 29.9 Å². The second-order valence-electron chi connectivity index (χ2n) is 15.2. The minimum Gasteiger partial charge on any atom is -1.00 e. The Morgan fingerprint density at radius 2 is 1.09 bits per heavy atom.